The first-order valence-electron chi connectivity index (χ1n) is 3.52. The third-order valence-electron chi connectivity index (χ3n) is 1.06. The van der Waals surface area contributed by atoms with Gasteiger partial charge in [-0.05, 0) is 19.8 Å². The van der Waals surface area contributed by atoms with E-state index in [0.29, 0.717) is 6.61 Å². The summed E-state index contributed by atoms with van der Waals surface area (Å²) in [5.41, 5.74) is 0. The van der Waals surface area contributed by atoms with Crippen LogP contribution in [0.3, 0.4) is 0 Å². The van der Waals surface area contributed by atoms with E-state index in [1.807, 2.05) is 13.0 Å². The largest absolute Gasteiger partial charge is 0.466 e. The minimum absolute atomic E-state index is 0.194. The van der Waals surface area contributed by atoms with Crippen molar-refractivity contribution in [1.82, 2.24) is 0 Å². The molecule has 0 unspecified atom stereocenters. The Morgan fingerprint density at radius 3 is 2.80 bits per heavy atom. The molecule has 0 bridgehead atoms. The van der Waals surface area contributed by atoms with E-state index in [1.165, 1.54) is 6.92 Å². The van der Waals surface area contributed by atoms with Crippen LogP contribution in [0.25, 0.3) is 0 Å². The lowest BCUT2D eigenvalue weighted by Crippen LogP contribution is -1.99. The van der Waals surface area contributed by atoms with Crippen LogP contribution >= 0.6 is 0 Å². The smallest absolute Gasteiger partial charge is 0.302 e. The standard InChI is InChI=1S/C8H14O2/c1-3-4-5-6-7-10-8(2)9/h3-4H,5-7H2,1-2H3/b4-3+. The van der Waals surface area contributed by atoms with Crippen LogP contribution in [0.1, 0.15) is 26.7 Å². The lowest BCUT2D eigenvalue weighted by Gasteiger charge is -1.97. The summed E-state index contributed by atoms with van der Waals surface area (Å²) in [6.45, 7) is 3.95. The van der Waals surface area contributed by atoms with Crippen molar-refractivity contribution in [2.24, 2.45) is 0 Å². The Bertz CT molecular complexity index is 116. The zero-order valence-electron chi connectivity index (χ0n) is 6.59. The average molecular weight is 142 g/mol. The number of ether oxygens (including phenoxy) is 1. The number of hydrogen-bond donors (Lipinski definition) is 0. The van der Waals surface area contributed by atoms with Crippen LogP contribution in [0.2, 0.25) is 0 Å². The third kappa shape index (κ3) is 7.21. The van der Waals surface area contributed by atoms with E-state index in [0.717, 1.165) is 12.8 Å². The molecule has 2 nitrogen and oxygen atoms in total. The molecular weight excluding hydrogens is 128 g/mol. The van der Waals surface area contributed by atoms with Crippen LogP contribution in [0.4, 0.5) is 0 Å². The first kappa shape index (κ1) is 9.21. The second kappa shape index (κ2) is 6.33. The summed E-state index contributed by atoms with van der Waals surface area (Å²) >= 11 is 0. The van der Waals surface area contributed by atoms with Gasteiger partial charge in [0.05, 0.1) is 6.61 Å². The third-order valence-corrected chi connectivity index (χ3v) is 1.06. The van der Waals surface area contributed by atoms with Gasteiger partial charge in [0.25, 0.3) is 0 Å². The van der Waals surface area contributed by atoms with Crippen molar-refractivity contribution >= 4 is 5.97 Å². The van der Waals surface area contributed by atoms with Crippen LogP contribution in [0, 0.1) is 0 Å². The van der Waals surface area contributed by atoms with Gasteiger partial charge < -0.3 is 4.74 Å². The summed E-state index contributed by atoms with van der Waals surface area (Å²) in [6, 6.07) is 0. The molecule has 2 heteroatoms. The first-order valence-corrected chi connectivity index (χ1v) is 3.52. The van der Waals surface area contributed by atoms with E-state index in [1.54, 1.807) is 0 Å². The highest BCUT2D eigenvalue weighted by Crippen LogP contribution is 1.91. The molecule has 0 saturated carbocycles. The van der Waals surface area contributed by atoms with Crippen LogP contribution in [0.5, 0.6) is 0 Å². The predicted molar refractivity (Wildman–Crippen MR) is 40.7 cm³/mol. The van der Waals surface area contributed by atoms with Gasteiger partial charge in [-0.3, -0.25) is 4.79 Å². The SMILES string of the molecule is C/C=C/CCCOC(C)=O. The van der Waals surface area contributed by atoms with Crippen LogP contribution in [0.15, 0.2) is 12.2 Å². The van der Waals surface area contributed by atoms with Gasteiger partial charge in [0, 0.05) is 6.92 Å². The van der Waals surface area contributed by atoms with Crippen LogP contribution < -0.4 is 0 Å². The second-order valence-corrected chi connectivity index (χ2v) is 2.05. The fourth-order valence-electron chi connectivity index (χ4n) is 0.584. The van der Waals surface area contributed by atoms with E-state index in [9.17, 15) is 4.79 Å². The van der Waals surface area contributed by atoms with Crippen molar-refractivity contribution in [3.8, 4) is 0 Å². The first-order chi connectivity index (χ1) is 4.77. The van der Waals surface area contributed by atoms with Gasteiger partial charge in [0.15, 0.2) is 0 Å². The maximum atomic E-state index is 10.2. The minimum Gasteiger partial charge on any atom is -0.466 e. The molecule has 0 spiro atoms. The van der Waals surface area contributed by atoms with Crippen molar-refractivity contribution in [1.29, 1.82) is 0 Å². The molecule has 0 radical (unpaired) electrons. The number of hydrogen-bond acceptors (Lipinski definition) is 2. The van der Waals surface area contributed by atoms with Gasteiger partial charge in [0.1, 0.15) is 0 Å². The van der Waals surface area contributed by atoms with Crippen molar-refractivity contribution in [2.45, 2.75) is 26.7 Å². The summed E-state index contributed by atoms with van der Waals surface area (Å²) in [5, 5.41) is 0. The van der Waals surface area contributed by atoms with Gasteiger partial charge in [0.2, 0.25) is 0 Å². The molecule has 58 valence electrons. The normalized spacial score (nSPS) is 10.2. The molecule has 0 aliphatic carbocycles. The van der Waals surface area contributed by atoms with E-state index >= 15 is 0 Å². The topological polar surface area (TPSA) is 26.3 Å². The molecular formula is C8H14O2. The minimum atomic E-state index is -0.194. The molecule has 10 heavy (non-hydrogen) atoms. The summed E-state index contributed by atoms with van der Waals surface area (Å²) in [7, 11) is 0. The van der Waals surface area contributed by atoms with Crippen LogP contribution in [-0.4, -0.2) is 12.6 Å². The lowest BCUT2D eigenvalue weighted by atomic mass is 10.3. The molecule has 0 N–H and O–H groups in total. The van der Waals surface area contributed by atoms with Gasteiger partial charge >= 0.3 is 5.97 Å². The molecule has 0 rings (SSSR count). The Labute approximate surface area is 61.9 Å². The molecule has 0 amide bonds. The Kier molecular flexibility index (Phi) is 5.83. The molecule has 0 aromatic carbocycles. The maximum Gasteiger partial charge on any atom is 0.302 e. The zero-order chi connectivity index (χ0) is 7.82. The van der Waals surface area contributed by atoms with Crippen molar-refractivity contribution in [3.05, 3.63) is 12.2 Å². The summed E-state index contributed by atoms with van der Waals surface area (Å²) in [6.07, 6.45) is 5.96. The van der Waals surface area contributed by atoms with Crippen molar-refractivity contribution in [3.63, 3.8) is 0 Å². The highest BCUT2D eigenvalue weighted by molar-refractivity contribution is 5.65. The molecule has 0 saturated heterocycles. The Hall–Kier alpha value is -0.790. The van der Waals surface area contributed by atoms with E-state index < -0.39 is 0 Å². The predicted octanol–water partition coefficient (Wildman–Crippen LogP) is 1.91. The molecule has 0 aliphatic heterocycles. The van der Waals surface area contributed by atoms with Gasteiger partial charge in [-0.2, -0.15) is 0 Å². The lowest BCUT2D eigenvalue weighted by molar-refractivity contribution is -0.141. The van der Waals surface area contributed by atoms with Gasteiger partial charge in [-0.15, -0.1) is 0 Å². The summed E-state index contributed by atoms with van der Waals surface area (Å²) in [5.74, 6) is -0.194. The number of esters is 1. The second-order valence-electron chi connectivity index (χ2n) is 2.05. The van der Waals surface area contributed by atoms with Gasteiger partial charge in [-0.1, -0.05) is 12.2 Å². The monoisotopic (exact) mass is 142 g/mol. The molecule has 0 aromatic heterocycles. The molecule has 0 fully saturated rings. The molecule has 0 atom stereocenters. The average Bonchev–Trinajstić information content (AvgIpc) is 1.87. The molecule has 0 aliphatic rings. The Morgan fingerprint density at radius 2 is 2.30 bits per heavy atom. The van der Waals surface area contributed by atoms with E-state index in [-0.39, 0.29) is 5.97 Å². The number of carbonyl (C=O) groups excluding carboxylic acids is 1. The fraction of sp³-hybridized carbons (Fsp3) is 0.625. The van der Waals surface area contributed by atoms with Crippen molar-refractivity contribution in [2.75, 3.05) is 6.61 Å². The van der Waals surface area contributed by atoms with E-state index in [4.69, 9.17) is 4.74 Å². The van der Waals surface area contributed by atoms with Crippen molar-refractivity contribution < 1.29 is 9.53 Å². The molecule has 0 aromatic rings. The number of unbranched alkanes of at least 4 members (excludes halogenated alkanes) is 1. The van der Waals surface area contributed by atoms with E-state index in [2.05, 4.69) is 6.08 Å². The Balaban J connectivity index is 2.98. The maximum absolute atomic E-state index is 10.2. The summed E-state index contributed by atoms with van der Waals surface area (Å²) < 4.78 is 4.72. The highest BCUT2D eigenvalue weighted by atomic mass is 16.5. The quantitative estimate of drug-likeness (QED) is 0.340. The van der Waals surface area contributed by atoms with Gasteiger partial charge in [-0.25, -0.2) is 0 Å². The number of rotatable bonds is 4. The number of allylic oxidation sites excluding steroid dienone is 2. The zero-order valence-corrected chi connectivity index (χ0v) is 6.59. The summed E-state index contributed by atoms with van der Waals surface area (Å²) in [4.78, 5) is 10.2. The molecule has 0 heterocycles. The fourth-order valence-corrected chi connectivity index (χ4v) is 0.584. The van der Waals surface area contributed by atoms with Crippen LogP contribution in [-0.2, 0) is 9.53 Å². The number of carbonyl (C=O) groups is 1. The highest BCUT2D eigenvalue weighted by Gasteiger charge is 1.89. The Morgan fingerprint density at radius 1 is 1.60 bits per heavy atom.